The Hall–Kier alpha value is -1.14. The second kappa shape index (κ2) is 6.15. The molecule has 0 aromatic rings. The molecule has 0 radical (unpaired) electrons. The van der Waals surface area contributed by atoms with Gasteiger partial charge in [-0.05, 0) is 19.4 Å². The first-order valence-corrected chi connectivity index (χ1v) is 6.54. The summed E-state index contributed by atoms with van der Waals surface area (Å²) in [5.41, 5.74) is 0. The predicted molar refractivity (Wildman–Crippen MR) is 66.0 cm³/mol. The zero-order chi connectivity index (χ0) is 13.0. The van der Waals surface area contributed by atoms with Crippen LogP contribution in [0.5, 0.6) is 0 Å². The van der Waals surface area contributed by atoms with Crippen molar-refractivity contribution in [2.45, 2.75) is 18.9 Å². The van der Waals surface area contributed by atoms with Gasteiger partial charge >= 0.3 is 0 Å². The number of morpholine rings is 1. The van der Waals surface area contributed by atoms with Crippen LogP contribution in [0, 0.1) is 5.92 Å². The van der Waals surface area contributed by atoms with Gasteiger partial charge in [0, 0.05) is 20.1 Å². The quantitative estimate of drug-likeness (QED) is 0.661. The number of carbonyl (C=O) groups is 2. The standard InChI is InChI=1S/C12H21N3O3/c1-13-11(16)10-8-18-6-5-15(10)12(17)9-3-2-4-14-7-9/h9-10,14H,2-8H2,1H3,(H,13,16)/t9-,10?/m1/s1. The van der Waals surface area contributed by atoms with E-state index in [1.54, 1.807) is 11.9 Å². The van der Waals surface area contributed by atoms with Gasteiger partial charge in [0.05, 0.1) is 19.1 Å². The number of rotatable bonds is 2. The highest BCUT2D eigenvalue weighted by Gasteiger charge is 2.35. The van der Waals surface area contributed by atoms with Crippen molar-refractivity contribution in [2.75, 3.05) is 39.9 Å². The van der Waals surface area contributed by atoms with Crippen molar-refractivity contribution in [3.63, 3.8) is 0 Å². The van der Waals surface area contributed by atoms with Gasteiger partial charge in [-0.15, -0.1) is 0 Å². The molecule has 18 heavy (non-hydrogen) atoms. The molecule has 2 N–H and O–H groups in total. The van der Waals surface area contributed by atoms with Gasteiger partial charge in [0.1, 0.15) is 6.04 Å². The van der Waals surface area contributed by atoms with E-state index in [0.717, 1.165) is 25.9 Å². The van der Waals surface area contributed by atoms with E-state index in [9.17, 15) is 9.59 Å². The normalized spacial score (nSPS) is 28.8. The highest BCUT2D eigenvalue weighted by molar-refractivity contribution is 5.88. The molecule has 6 nitrogen and oxygen atoms in total. The first-order chi connectivity index (χ1) is 8.74. The van der Waals surface area contributed by atoms with Crippen LogP contribution >= 0.6 is 0 Å². The van der Waals surface area contributed by atoms with Crippen LogP contribution < -0.4 is 10.6 Å². The van der Waals surface area contributed by atoms with E-state index in [0.29, 0.717) is 19.8 Å². The molecule has 2 atom stereocenters. The van der Waals surface area contributed by atoms with Gasteiger partial charge in [-0.3, -0.25) is 9.59 Å². The van der Waals surface area contributed by atoms with E-state index < -0.39 is 6.04 Å². The fourth-order valence-electron chi connectivity index (χ4n) is 2.55. The number of nitrogens with one attached hydrogen (secondary N) is 2. The fourth-order valence-corrected chi connectivity index (χ4v) is 2.55. The Balaban J connectivity index is 2.03. The second-order valence-corrected chi connectivity index (χ2v) is 4.78. The minimum Gasteiger partial charge on any atom is -0.377 e. The van der Waals surface area contributed by atoms with Crippen LogP contribution in [-0.2, 0) is 14.3 Å². The zero-order valence-electron chi connectivity index (χ0n) is 10.8. The third-order valence-corrected chi connectivity index (χ3v) is 3.61. The van der Waals surface area contributed by atoms with Crippen LogP contribution in [0.1, 0.15) is 12.8 Å². The first-order valence-electron chi connectivity index (χ1n) is 6.54. The minimum absolute atomic E-state index is 0.00371. The van der Waals surface area contributed by atoms with Crippen molar-refractivity contribution < 1.29 is 14.3 Å². The topological polar surface area (TPSA) is 70.7 Å². The minimum atomic E-state index is -0.474. The van der Waals surface area contributed by atoms with Crippen molar-refractivity contribution >= 4 is 11.8 Å². The van der Waals surface area contributed by atoms with Crippen molar-refractivity contribution in [1.82, 2.24) is 15.5 Å². The smallest absolute Gasteiger partial charge is 0.244 e. The third kappa shape index (κ3) is 2.81. The Labute approximate surface area is 107 Å². The molecular formula is C12H21N3O3. The lowest BCUT2D eigenvalue weighted by atomic mass is 9.97. The van der Waals surface area contributed by atoms with Gasteiger partial charge in [0.15, 0.2) is 0 Å². The molecule has 2 aliphatic rings. The number of likely N-dealkylation sites (N-methyl/N-ethyl adjacent to an activating group) is 1. The maximum absolute atomic E-state index is 12.4. The van der Waals surface area contributed by atoms with Crippen molar-refractivity contribution in [3.05, 3.63) is 0 Å². The molecular weight excluding hydrogens is 234 g/mol. The molecule has 0 aliphatic carbocycles. The Kier molecular flexibility index (Phi) is 4.54. The molecule has 6 heteroatoms. The van der Waals surface area contributed by atoms with Crippen LogP contribution in [0.4, 0.5) is 0 Å². The summed E-state index contributed by atoms with van der Waals surface area (Å²) < 4.78 is 5.30. The molecule has 0 spiro atoms. The molecule has 2 amide bonds. The number of carbonyl (C=O) groups excluding carboxylic acids is 2. The summed E-state index contributed by atoms with van der Waals surface area (Å²) in [6, 6.07) is -0.474. The molecule has 2 rings (SSSR count). The average Bonchev–Trinajstić information content (AvgIpc) is 2.46. The first kappa shape index (κ1) is 13.3. The lowest BCUT2D eigenvalue weighted by Gasteiger charge is -2.37. The molecule has 2 saturated heterocycles. The van der Waals surface area contributed by atoms with E-state index in [4.69, 9.17) is 4.74 Å². The number of piperidine rings is 1. The highest BCUT2D eigenvalue weighted by Crippen LogP contribution is 2.17. The van der Waals surface area contributed by atoms with Crippen LogP contribution in [0.25, 0.3) is 0 Å². The van der Waals surface area contributed by atoms with Gasteiger partial charge in [0.2, 0.25) is 11.8 Å². The van der Waals surface area contributed by atoms with Crippen molar-refractivity contribution in [3.8, 4) is 0 Å². The Bertz CT molecular complexity index is 316. The summed E-state index contributed by atoms with van der Waals surface area (Å²) in [4.78, 5) is 25.9. The van der Waals surface area contributed by atoms with Gasteiger partial charge in [0.25, 0.3) is 0 Å². The lowest BCUT2D eigenvalue weighted by Crippen LogP contribution is -2.57. The third-order valence-electron chi connectivity index (χ3n) is 3.61. The second-order valence-electron chi connectivity index (χ2n) is 4.78. The van der Waals surface area contributed by atoms with Gasteiger partial charge in [-0.25, -0.2) is 0 Å². The largest absolute Gasteiger partial charge is 0.377 e. The molecule has 0 aromatic heterocycles. The summed E-state index contributed by atoms with van der Waals surface area (Å²) in [6.07, 6.45) is 1.93. The fraction of sp³-hybridized carbons (Fsp3) is 0.833. The van der Waals surface area contributed by atoms with Crippen LogP contribution in [0.15, 0.2) is 0 Å². The summed E-state index contributed by atoms with van der Waals surface area (Å²) in [7, 11) is 1.59. The highest BCUT2D eigenvalue weighted by atomic mass is 16.5. The number of ether oxygens (including phenoxy) is 1. The van der Waals surface area contributed by atoms with E-state index in [1.807, 2.05) is 0 Å². The molecule has 2 fully saturated rings. The molecule has 1 unspecified atom stereocenters. The van der Waals surface area contributed by atoms with Gasteiger partial charge < -0.3 is 20.3 Å². The van der Waals surface area contributed by atoms with Gasteiger partial charge in [-0.1, -0.05) is 0 Å². The van der Waals surface area contributed by atoms with E-state index >= 15 is 0 Å². The lowest BCUT2D eigenvalue weighted by molar-refractivity contribution is -0.151. The number of amides is 2. The summed E-state index contributed by atoms with van der Waals surface area (Å²) in [6.45, 7) is 3.01. The molecule has 2 aliphatic heterocycles. The maximum atomic E-state index is 12.4. The van der Waals surface area contributed by atoms with E-state index in [1.165, 1.54) is 0 Å². The molecule has 0 saturated carbocycles. The Morgan fingerprint density at radius 1 is 1.44 bits per heavy atom. The Morgan fingerprint density at radius 3 is 2.94 bits per heavy atom. The van der Waals surface area contributed by atoms with E-state index in [2.05, 4.69) is 10.6 Å². The number of nitrogens with zero attached hydrogens (tertiary/aromatic N) is 1. The summed E-state index contributed by atoms with van der Waals surface area (Å²) >= 11 is 0. The number of hydrogen-bond acceptors (Lipinski definition) is 4. The van der Waals surface area contributed by atoms with Crippen LogP contribution in [0.2, 0.25) is 0 Å². The average molecular weight is 255 g/mol. The SMILES string of the molecule is CNC(=O)C1COCCN1C(=O)[C@@H]1CCCNC1. The zero-order valence-corrected chi connectivity index (χ0v) is 10.8. The maximum Gasteiger partial charge on any atom is 0.244 e. The van der Waals surface area contributed by atoms with Crippen molar-refractivity contribution in [1.29, 1.82) is 0 Å². The van der Waals surface area contributed by atoms with Crippen LogP contribution in [-0.4, -0.2) is 62.7 Å². The predicted octanol–water partition coefficient (Wildman–Crippen LogP) is -1.04. The van der Waals surface area contributed by atoms with Gasteiger partial charge in [-0.2, -0.15) is 0 Å². The molecule has 0 bridgehead atoms. The Morgan fingerprint density at radius 2 is 2.28 bits per heavy atom. The molecule has 0 aromatic carbocycles. The van der Waals surface area contributed by atoms with Crippen LogP contribution in [0.3, 0.4) is 0 Å². The molecule has 102 valence electrons. The van der Waals surface area contributed by atoms with Crippen molar-refractivity contribution in [2.24, 2.45) is 5.92 Å². The summed E-state index contributed by atoms with van der Waals surface area (Å²) in [5, 5.41) is 5.83. The monoisotopic (exact) mass is 255 g/mol. The van der Waals surface area contributed by atoms with E-state index in [-0.39, 0.29) is 17.7 Å². The molecule has 2 heterocycles. The number of hydrogen-bond donors (Lipinski definition) is 2. The summed E-state index contributed by atoms with van der Waals surface area (Å²) in [5.74, 6) is -0.0603.